The molecule has 196 valence electrons. The van der Waals surface area contributed by atoms with Gasteiger partial charge in [-0.2, -0.15) is 13.2 Å². The normalized spacial score (nSPS) is 14.9. The van der Waals surface area contributed by atoms with Crippen LogP contribution in [0.25, 0.3) is 0 Å². The van der Waals surface area contributed by atoms with E-state index < -0.39 is 41.2 Å². The van der Waals surface area contributed by atoms with Crippen molar-refractivity contribution < 1.29 is 27.1 Å². The van der Waals surface area contributed by atoms with Crippen LogP contribution in [0.1, 0.15) is 53.7 Å². The summed E-state index contributed by atoms with van der Waals surface area (Å²) in [5, 5.41) is 0. The third kappa shape index (κ3) is 5.74. The highest BCUT2D eigenvalue weighted by molar-refractivity contribution is 5.78. The van der Waals surface area contributed by atoms with Gasteiger partial charge in [0.2, 0.25) is 0 Å². The van der Waals surface area contributed by atoms with Crippen molar-refractivity contribution in [3.05, 3.63) is 98.5 Å². The number of carbonyl (C=O) groups is 1. The molecular formula is C27H27F4N3O3. The summed E-state index contributed by atoms with van der Waals surface area (Å²) in [6.45, 7) is 5.68. The van der Waals surface area contributed by atoms with Crippen molar-refractivity contribution >= 4 is 5.97 Å². The van der Waals surface area contributed by atoms with Gasteiger partial charge in [0.1, 0.15) is 11.6 Å². The number of ether oxygens (including phenoxy) is 1. The Labute approximate surface area is 211 Å². The van der Waals surface area contributed by atoms with Crippen LogP contribution in [-0.2, 0) is 35.2 Å². The Hall–Kier alpha value is -3.53. The highest BCUT2D eigenvalue weighted by Crippen LogP contribution is 2.31. The van der Waals surface area contributed by atoms with Crippen LogP contribution in [0.15, 0.2) is 53.3 Å². The minimum Gasteiger partial charge on any atom is -0.461 e. The van der Waals surface area contributed by atoms with Gasteiger partial charge in [0, 0.05) is 31.6 Å². The molecule has 1 unspecified atom stereocenters. The fraction of sp³-hybridized carbons (Fsp3) is 0.370. The number of aryl methyl sites for hydroxylation is 1. The minimum atomic E-state index is -4.63. The maximum absolute atomic E-state index is 14.5. The van der Waals surface area contributed by atoms with E-state index in [0.717, 1.165) is 12.1 Å². The van der Waals surface area contributed by atoms with Crippen molar-refractivity contribution in [1.29, 1.82) is 0 Å². The summed E-state index contributed by atoms with van der Waals surface area (Å²) in [6, 6.07) is 10.2. The molecule has 1 atom stereocenters. The summed E-state index contributed by atoms with van der Waals surface area (Å²) >= 11 is 0. The van der Waals surface area contributed by atoms with Crippen LogP contribution in [-0.4, -0.2) is 33.1 Å². The van der Waals surface area contributed by atoms with Gasteiger partial charge in [-0.25, -0.2) is 14.2 Å². The number of benzene rings is 2. The summed E-state index contributed by atoms with van der Waals surface area (Å²) in [5.74, 6) is -1.19. The first-order chi connectivity index (χ1) is 17.5. The van der Waals surface area contributed by atoms with Gasteiger partial charge in [0.25, 0.3) is 5.56 Å². The maximum Gasteiger partial charge on any atom is 0.416 e. The predicted molar refractivity (Wildman–Crippen MR) is 128 cm³/mol. The number of nitrogens with zero attached hydrogens (tertiary/aromatic N) is 3. The van der Waals surface area contributed by atoms with Crippen LogP contribution < -0.4 is 5.56 Å². The third-order valence-corrected chi connectivity index (χ3v) is 6.24. The second-order valence-corrected chi connectivity index (χ2v) is 9.32. The molecule has 1 aliphatic rings. The van der Waals surface area contributed by atoms with Crippen molar-refractivity contribution in [1.82, 2.24) is 14.5 Å². The number of rotatable bonds is 6. The maximum atomic E-state index is 14.5. The summed E-state index contributed by atoms with van der Waals surface area (Å²) in [6.07, 6.45) is -4.63. The molecule has 37 heavy (non-hydrogen) atoms. The number of aromatic nitrogens is 2. The minimum absolute atomic E-state index is 0.0221. The average Bonchev–Trinajstić information content (AvgIpc) is 2.82. The molecule has 0 bridgehead atoms. The topological polar surface area (TPSA) is 64.4 Å². The van der Waals surface area contributed by atoms with Crippen molar-refractivity contribution in [2.24, 2.45) is 0 Å². The van der Waals surface area contributed by atoms with Crippen LogP contribution in [0, 0.1) is 12.7 Å². The zero-order valence-electron chi connectivity index (χ0n) is 20.7. The Kier molecular flexibility index (Phi) is 7.49. The summed E-state index contributed by atoms with van der Waals surface area (Å²) in [5.41, 5.74) is 0.156. The molecule has 10 heteroatoms. The van der Waals surface area contributed by atoms with Crippen LogP contribution in [0.5, 0.6) is 0 Å². The SMILES string of the molecule is Cc1nc2c(c(=O)n1C(C(=O)OC(C)C)c1ccccc1)CN(Cc1ccc(C(F)(F)F)cc1F)CC2. The first-order valence-corrected chi connectivity index (χ1v) is 11.9. The Morgan fingerprint density at radius 3 is 2.46 bits per heavy atom. The predicted octanol–water partition coefficient (Wildman–Crippen LogP) is 4.81. The lowest BCUT2D eigenvalue weighted by atomic mass is 10.0. The quantitative estimate of drug-likeness (QED) is 0.347. The Morgan fingerprint density at radius 1 is 1.14 bits per heavy atom. The van der Waals surface area contributed by atoms with E-state index in [0.29, 0.717) is 41.7 Å². The van der Waals surface area contributed by atoms with E-state index in [1.54, 1.807) is 56.0 Å². The molecule has 6 nitrogen and oxygen atoms in total. The van der Waals surface area contributed by atoms with E-state index in [9.17, 15) is 27.2 Å². The van der Waals surface area contributed by atoms with E-state index in [1.165, 1.54) is 4.57 Å². The molecule has 2 heterocycles. The van der Waals surface area contributed by atoms with Gasteiger partial charge in [0.05, 0.1) is 22.9 Å². The fourth-order valence-electron chi connectivity index (χ4n) is 4.52. The van der Waals surface area contributed by atoms with Crippen molar-refractivity contribution in [3.63, 3.8) is 0 Å². The second kappa shape index (κ2) is 10.5. The number of hydrogen-bond donors (Lipinski definition) is 0. The zero-order valence-corrected chi connectivity index (χ0v) is 20.7. The summed E-state index contributed by atoms with van der Waals surface area (Å²) < 4.78 is 59.9. The molecule has 1 aromatic heterocycles. The highest BCUT2D eigenvalue weighted by atomic mass is 19.4. The van der Waals surface area contributed by atoms with Crippen LogP contribution >= 0.6 is 0 Å². The molecule has 0 aliphatic carbocycles. The lowest BCUT2D eigenvalue weighted by molar-refractivity contribution is -0.150. The Morgan fingerprint density at radius 2 is 1.84 bits per heavy atom. The molecule has 0 saturated carbocycles. The number of alkyl halides is 3. The largest absolute Gasteiger partial charge is 0.461 e. The molecule has 3 aromatic rings. The molecule has 1 aliphatic heterocycles. The summed E-state index contributed by atoms with van der Waals surface area (Å²) in [4.78, 5) is 33.3. The van der Waals surface area contributed by atoms with Gasteiger partial charge < -0.3 is 4.74 Å². The van der Waals surface area contributed by atoms with Crippen molar-refractivity contribution in [3.8, 4) is 0 Å². The van der Waals surface area contributed by atoms with Crippen molar-refractivity contribution in [2.75, 3.05) is 6.54 Å². The number of esters is 1. The molecule has 2 aromatic carbocycles. The molecule has 0 spiro atoms. The Balaban J connectivity index is 1.68. The molecular weight excluding hydrogens is 490 g/mol. The standard InChI is InChI=1S/C27H27F4N3O3/c1-16(2)37-26(36)24(18-7-5-4-6-8-18)34-17(3)32-23-11-12-33(15-21(23)25(34)35)14-19-9-10-20(13-22(19)28)27(29,30)31/h4-10,13,16,24H,11-12,14-15H2,1-3H3. The first kappa shape index (κ1) is 26.5. The molecule has 0 amide bonds. The second-order valence-electron chi connectivity index (χ2n) is 9.32. The van der Waals surface area contributed by atoms with Gasteiger partial charge in [-0.1, -0.05) is 36.4 Å². The van der Waals surface area contributed by atoms with Crippen LogP contribution in [0.3, 0.4) is 0 Å². The lowest BCUT2D eigenvalue weighted by Crippen LogP contribution is -2.42. The van der Waals surface area contributed by atoms with Crippen LogP contribution in [0.2, 0.25) is 0 Å². The molecule has 0 fully saturated rings. The van der Waals surface area contributed by atoms with Gasteiger partial charge in [-0.15, -0.1) is 0 Å². The Bertz CT molecular complexity index is 1350. The fourth-order valence-corrected chi connectivity index (χ4v) is 4.52. The number of carbonyl (C=O) groups excluding carboxylic acids is 1. The molecule has 0 saturated heterocycles. The van der Waals surface area contributed by atoms with Crippen LogP contribution in [0.4, 0.5) is 17.6 Å². The van der Waals surface area contributed by atoms with Crippen molar-refractivity contribution in [2.45, 2.75) is 58.6 Å². The zero-order chi connectivity index (χ0) is 26.9. The van der Waals surface area contributed by atoms with Gasteiger partial charge in [-0.05, 0) is 38.5 Å². The molecule has 0 N–H and O–H groups in total. The number of halogens is 4. The van der Waals surface area contributed by atoms with Gasteiger partial charge in [0.15, 0.2) is 6.04 Å². The van der Waals surface area contributed by atoms with E-state index >= 15 is 0 Å². The average molecular weight is 518 g/mol. The van der Waals surface area contributed by atoms with Gasteiger partial charge >= 0.3 is 12.1 Å². The van der Waals surface area contributed by atoms with E-state index in [4.69, 9.17) is 4.74 Å². The first-order valence-electron chi connectivity index (χ1n) is 11.9. The molecule has 4 rings (SSSR count). The highest BCUT2D eigenvalue weighted by Gasteiger charge is 2.33. The van der Waals surface area contributed by atoms with E-state index in [-0.39, 0.29) is 18.7 Å². The van der Waals surface area contributed by atoms with Gasteiger partial charge in [-0.3, -0.25) is 14.3 Å². The third-order valence-electron chi connectivity index (χ3n) is 6.24. The monoisotopic (exact) mass is 517 g/mol. The smallest absolute Gasteiger partial charge is 0.416 e. The lowest BCUT2D eigenvalue weighted by Gasteiger charge is -2.30. The molecule has 0 radical (unpaired) electrons. The van der Waals surface area contributed by atoms with E-state index in [1.807, 2.05) is 0 Å². The number of hydrogen-bond acceptors (Lipinski definition) is 5. The summed E-state index contributed by atoms with van der Waals surface area (Å²) in [7, 11) is 0. The van der Waals surface area contributed by atoms with E-state index in [2.05, 4.69) is 4.98 Å². The number of fused-ring (bicyclic) bond motifs is 1.